The third kappa shape index (κ3) is 3.34. The van der Waals surface area contributed by atoms with Crippen LogP contribution < -0.4 is 4.90 Å². The van der Waals surface area contributed by atoms with Crippen molar-refractivity contribution in [1.29, 1.82) is 0 Å². The van der Waals surface area contributed by atoms with Crippen LogP contribution in [0.4, 0.5) is 10.5 Å². The maximum absolute atomic E-state index is 13.2. The van der Waals surface area contributed by atoms with E-state index in [1.54, 1.807) is 9.80 Å². The summed E-state index contributed by atoms with van der Waals surface area (Å²) in [6.45, 7) is 4.53. The second kappa shape index (κ2) is 6.68. The minimum absolute atomic E-state index is 0.0311. The molecule has 2 amide bonds. The molecule has 2 aliphatic rings. The highest BCUT2D eigenvalue weighted by Gasteiger charge is 2.53. The topological polar surface area (TPSA) is 57.7 Å². The van der Waals surface area contributed by atoms with E-state index in [2.05, 4.69) is 6.92 Å². The van der Waals surface area contributed by atoms with Crippen LogP contribution in [0.1, 0.15) is 23.6 Å². The number of hydrogen-bond donors (Lipinski definition) is 0. The van der Waals surface area contributed by atoms with Gasteiger partial charge in [0, 0.05) is 12.2 Å². The molecule has 2 heterocycles. The average Bonchev–Trinajstić information content (AvgIpc) is 3.07. The smallest absolute Gasteiger partial charge is 0.314 e. The molecule has 0 aliphatic carbocycles. The summed E-state index contributed by atoms with van der Waals surface area (Å²) in [6, 6.07) is 15.2. The van der Waals surface area contributed by atoms with E-state index in [4.69, 9.17) is 0 Å². The Morgan fingerprint density at radius 2 is 1.52 bits per heavy atom. The number of hydrogen-bond acceptors (Lipinski definition) is 3. The van der Waals surface area contributed by atoms with Gasteiger partial charge >= 0.3 is 6.03 Å². The van der Waals surface area contributed by atoms with E-state index >= 15 is 0 Å². The molecule has 2 atom stereocenters. The molecule has 2 saturated heterocycles. The highest BCUT2D eigenvalue weighted by molar-refractivity contribution is 7.91. The van der Waals surface area contributed by atoms with Crippen molar-refractivity contribution in [3.05, 3.63) is 65.2 Å². The number of fused-ring (bicyclic) bond motifs is 1. The predicted molar refractivity (Wildman–Crippen MR) is 107 cm³/mol. The van der Waals surface area contributed by atoms with Gasteiger partial charge in [-0.1, -0.05) is 48.9 Å². The fourth-order valence-electron chi connectivity index (χ4n) is 4.05. The average molecular weight is 385 g/mol. The summed E-state index contributed by atoms with van der Waals surface area (Å²) in [5, 5.41) is 0. The monoisotopic (exact) mass is 384 g/mol. The molecule has 2 aromatic carbocycles. The number of benzene rings is 2. The summed E-state index contributed by atoms with van der Waals surface area (Å²) in [5.74, 6) is 0.0716. The van der Waals surface area contributed by atoms with Crippen molar-refractivity contribution >= 4 is 21.6 Å². The Morgan fingerprint density at radius 1 is 0.926 bits per heavy atom. The zero-order chi connectivity index (χ0) is 19.2. The van der Waals surface area contributed by atoms with Gasteiger partial charge in [0.2, 0.25) is 0 Å². The molecule has 0 unspecified atom stereocenters. The number of amides is 2. The maximum Gasteiger partial charge on any atom is 0.325 e. The molecule has 0 N–H and O–H groups in total. The first-order chi connectivity index (χ1) is 12.9. The van der Waals surface area contributed by atoms with Crippen LogP contribution >= 0.6 is 0 Å². The minimum Gasteiger partial charge on any atom is -0.314 e. The maximum atomic E-state index is 13.2. The molecule has 2 aliphatic heterocycles. The van der Waals surface area contributed by atoms with Crippen molar-refractivity contribution in [2.24, 2.45) is 0 Å². The van der Waals surface area contributed by atoms with E-state index < -0.39 is 9.84 Å². The highest BCUT2D eigenvalue weighted by atomic mass is 32.2. The minimum atomic E-state index is -3.15. The quantitative estimate of drug-likeness (QED) is 0.761. The summed E-state index contributed by atoms with van der Waals surface area (Å²) < 4.78 is 24.6. The molecule has 2 aromatic rings. The van der Waals surface area contributed by atoms with Crippen LogP contribution in [0.15, 0.2) is 48.5 Å². The fourth-order valence-corrected chi connectivity index (χ4v) is 6.00. The molecule has 27 heavy (non-hydrogen) atoms. The lowest BCUT2D eigenvalue weighted by atomic mass is 10.1. The van der Waals surface area contributed by atoms with E-state index in [9.17, 15) is 13.2 Å². The van der Waals surface area contributed by atoms with Crippen LogP contribution in [-0.4, -0.2) is 42.9 Å². The molecule has 0 spiro atoms. The van der Waals surface area contributed by atoms with Gasteiger partial charge in [0.1, 0.15) is 0 Å². The van der Waals surface area contributed by atoms with Crippen molar-refractivity contribution < 1.29 is 13.2 Å². The molecule has 6 heteroatoms. The van der Waals surface area contributed by atoms with Crippen LogP contribution in [0.5, 0.6) is 0 Å². The van der Waals surface area contributed by atoms with Gasteiger partial charge in [-0.15, -0.1) is 0 Å². The van der Waals surface area contributed by atoms with Gasteiger partial charge in [-0.3, -0.25) is 4.90 Å². The number of rotatable bonds is 4. The van der Waals surface area contributed by atoms with E-state index in [1.165, 1.54) is 5.56 Å². The van der Waals surface area contributed by atoms with Crippen LogP contribution in [0.3, 0.4) is 0 Å². The van der Waals surface area contributed by atoms with Gasteiger partial charge < -0.3 is 4.90 Å². The second-order valence-corrected chi connectivity index (χ2v) is 9.65. The van der Waals surface area contributed by atoms with Gasteiger partial charge in [-0.2, -0.15) is 0 Å². The van der Waals surface area contributed by atoms with Crippen LogP contribution in [0.2, 0.25) is 0 Å². The number of carbonyl (C=O) groups is 1. The molecule has 0 bridgehead atoms. The zero-order valence-electron chi connectivity index (χ0n) is 15.6. The number of carbonyl (C=O) groups excluding carboxylic acids is 1. The largest absolute Gasteiger partial charge is 0.325 e. The Labute approximate surface area is 160 Å². The van der Waals surface area contributed by atoms with Crippen LogP contribution in [-0.2, 0) is 22.8 Å². The van der Waals surface area contributed by atoms with Crippen molar-refractivity contribution in [3.63, 3.8) is 0 Å². The highest BCUT2D eigenvalue weighted by Crippen LogP contribution is 2.36. The van der Waals surface area contributed by atoms with Gasteiger partial charge in [-0.25, -0.2) is 13.2 Å². The number of urea groups is 1. The number of sulfone groups is 1. The van der Waals surface area contributed by atoms with E-state index in [1.807, 2.05) is 55.5 Å². The van der Waals surface area contributed by atoms with Crippen molar-refractivity contribution in [2.75, 3.05) is 16.4 Å². The molecule has 0 aromatic heterocycles. The third-order valence-electron chi connectivity index (χ3n) is 5.57. The van der Waals surface area contributed by atoms with Crippen molar-refractivity contribution in [2.45, 2.75) is 38.9 Å². The Bertz CT molecular complexity index is 952. The van der Waals surface area contributed by atoms with E-state index in [0.29, 0.717) is 6.54 Å². The first-order valence-electron chi connectivity index (χ1n) is 9.33. The van der Waals surface area contributed by atoms with Crippen molar-refractivity contribution in [1.82, 2.24) is 4.90 Å². The second-order valence-electron chi connectivity index (χ2n) is 7.50. The lowest BCUT2D eigenvalue weighted by Crippen LogP contribution is -2.37. The van der Waals surface area contributed by atoms with E-state index in [0.717, 1.165) is 23.2 Å². The molecule has 2 fully saturated rings. The standard InChI is InChI=1S/C21H24N2O3S/c1-3-16-8-10-18(11-9-16)23-20-14-27(25,26)13-19(20)22(21(23)24)12-17-6-4-15(2)5-7-17/h4-11,19-20H,3,12-14H2,1-2H3/t19-,20-/m0/s1. The summed E-state index contributed by atoms with van der Waals surface area (Å²) in [4.78, 5) is 16.6. The molecule has 0 radical (unpaired) electrons. The summed E-state index contributed by atoms with van der Waals surface area (Å²) >= 11 is 0. The van der Waals surface area contributed by atoms with Gasteiger partial charge in [-0.05, 0) is 36.6 Å². The summed E-state index contributed by atoms with van der Waals surface area (Å²) in [7, 11) is -3.15. The number of aryl methyl sites for hydroxylation is 2. The lowest BCUT2D eigenvalue weighted by Gasteiger charge is -2.23. The number of nitrogens with zero attached hydrogens (tertiary/aromatic N) is 2. The SMILES string of the molecule is CCc1ccc(N2C(=O)N(Cc3ccc(C)cc3)[C@H]3CS(=O)(=O)C[C@@H]32)cc1. The third-order valence-corrected chi connectivity index (χ3v) is 7.27. The van der Waals surface area contributed by atoms with Crippen LogP contribution in [0.25, 0.3) is 0 Å². The predicted octanol–water partition coefficient (Wildman–Crippen LogP) is 3.17. The fraction of sp³-hybridized carbons (Fsp3) is 0.381. The lowest BCUT2D eigenvalue weighted by molar-refractivity contribution is 0.206. The molecule has 142 valence electrons. The van der Waals surface area contributed by atoms with Gasteiger partial charge in [0.05, 0.1) is 23.6 Å². The van der Waals surface area contributed by atoms with Crippen LogP contribution in [0, 0.1) is 6.92 Å². The summed E-state index contributed by atoms with van der Waals surface area (Å²) in [5.41, 5.74) is 4.14. The molecular weight excluding hydrogens is 360 g/mol. The zero-order valence-corrected chi connectivity index (χ0v) is 16.4. The van der Waals surface area contributed by atoms with E-state index in [-0.39, 0.29) is 29.6 Å². The van der Waals surface area contributed by atoms with Gasteiger partial charge in [0.25, 0.3) is 0 Å². The molecule has 5 nitrogen and oxygen atoms in total. The summed E-state index contributed by atoms with van der Waals surface area (Å²) in [6.07, 6.45) is 0.925. The first kappa shape index (κ1) is 18.0. The molecule has 0 saturated carbocycles. The Balaban J connectivity index is 1.67. The van der Waals surface area contributed by atoms with Gasteiger partial charge in [0.15, 0.2) is 9.84 Å². The van der Waals surface area contributed by atoms with Crippen molar-refractivity contribution in [3.8, 4) is 0 Å². The Kier molecular flexibility index (Phi) is 4.46. The number of anilines is 1. The Morgan fingerprint density at radius 3 is 2.15 bits per heavy atom. The first-order valence-corrected chi connectivity index (χ1v) is 11.1. The Hall–Kier alpha value is -2.34. The molecular formula is C21H24N2O3S. The molecule has 4 rings (SSSR count). The normalized spacial score (nSPS) is 23.7.